The molecule has 0 aliphatic carbocycles. The van der Waals surface area contributed by atoms with E-state index in [9.17, 15) is 4.79 Å². The van der Waals surface area contributed by atoms with E-state index in [0.717, 1.165) is 6.42 Å². The molecule has 2 aromatic rings. The van der Waals surface area contributed by atoms with E-state index in [4.69, 9.17) is 0 Å². The van der Waals surface area contributed by atoms with Crippen molar-refractivity contribution in [1.82, 2.24) is 35.0 Å². The maximum atomic E-state index is 11.2. The predicted octanol–water partition coefficient (Wildman–Crippen LogP) is -0.815. The molecular formula is C11H15N9O. The van der Waals surface area contributed by atoms with E-state index in [-0.39, 0.29) is 11.9 Å². The van der Waals surface area contributed by atoms with Crippen molar-refractivity contribution < 1.29 is 4.79 Å². The van der Waals surface area contributed by atoms with Gasteiger partial charge >= 0.3 is 0 Å². The fraction of sp³-hybridized carbons (Fsp3) is 0.455. The van der Waals surface area contributed by atoms with Crippen molar-refractivity contribution in [2.75, 3.05) is 24.2 Å². The third-order valence-electron chi connectivity index (χ3n) is 3.07. The molecule has 2 aromatic heterocycles. The van der Waals surface area contributed by atoms with E-state index in [1.54, 1.807) is 7.05 Å². The lowest BCUT2D eigenvalue weighted by Gasteiger charge is -2.23. The van der Waals surface area contributed by atoms with Crippen LogP contribution in [-0.2, 0) is 4.79 Å². The Hall–Kier alpha value is -2.78. The molecule has 3 heterocycles. The third kappa shape index (κ3) is 3.04. The molecule has 1 atom stereocenters. The number of nitrogens with zero attached hydrogens (tertiary/aromatic N) is 6. The molecule has 1 saturated heterocycles. The average molecular weight is 289 g/mol. The molecule has 1 aliphatic rings. The molecule has 0 bridgehead atoms. The van der Waals surface area contributed by atoms with E-state index in [1.165, 1.54) is 17.3 Å². The van der Waals surface area contributed by atoms with Crippen LogP contribution >= 0.6 is 0 Å². The van der Waals surface area contributed by atoms with Crippen molar-refractivity contribution in [1.29, 1.82) is 0 Å². The predicted molar refractivity (Wildman–Crippen MR) is 73.9 cm³/mol. The van der Waals surface area contributed by atoms with Crippen LogP contribution in [-0.4, -0.2) is 55.3 Å². The number of carbonyl (C=O) groups is 1. The topological polar surface area (TPSA) is 123 Å². The number of carbonyl (C=O) groups excluding carboxylic acids is 1. The molecule has 1 fully saturated rings. The van der Waals surface area contributed by atoms with E-state index in [1.807, 2.05) is 0 Å². The average Bonchev–Trinajstić information content (AvgIpc) is 3.04. The van der Waals surface area contributed by atoms with E-state index in [0.29, 0.717) is 30.8 Å². The van der Waals surface area contributed by atoms with Crippen molar-refractivity contribution in [2.24, 2.45) is 0 Å². The van der Waals surface area contributed by atoms with Crippen LogP contribution in [0.5, 0.6) is 0 Å². The summed E-state index contributed by atoms with van der Waals surface area (Å²) in [5.41, 5.74) is 0. The van der Waals surface area contributed by atoms with Crippen LogP contribution in [0.3, 0.4) is 0 Å². The van der Waals surface area contributed by atoms with Gasteiger partial charge in [0.05, 0.1) is 0 Å². The number of aromatic nitrogens is 6. The van der Waals surface area contributed by atoms with E-state index in [2.05, 4.69) is 41.0 Å². The molecule has 10 heteroatoms. The van der Waals surface area contributed by atoms with Crippen molar-refractivity contribution in [3.05, 3.63) is 12.7 Å². The van der Waals surface area contributed by atoms with Crippen LogP contribution in [0.25, 0.3) is 5.95 Å². The minimum Gasteiger partial charge on any atom is -0.357 e. The van der Waals surface area contributed by atoms with Crippen LogP contribution in [0.2, 0.25) is 0 Å². The maximum Gasteiger partial charge on any atom is 0.258 e. The standard InChI is InChI=1S/C11H15N9O/c1-12-9-17-10(16-7-2-3-8(21)14-4-7)19-11(18-9)20-6-13-5-15-20/h5-7H,2-4H2,1H3,(H,14,21)(H2,12,16,17,18,19). The number of amides is 1. The highest BCUT2D eigenvalue weighted by atomic mass is 16.1. The number of rotatable bonds is 4. The Bertz CT molecular complexity index is 617. The molecule has 1 unspecified atom stereocenters. The lowest BCUT2D eigenvalue weighted by Crippen LogP contribution is -2.42. The largest absolute Gasteiger partial charge is 0.357 e. The molecule has 0 saturated carbocycles. The number of piperidine rings is 1. The minimum atomic E-state index is 0.0721. The molecule has 21 heavy (non-hydrogen) atoms. The zero-order chi connectivity index (χ0) is 14.7. The van der Waals surface area contributed by atoms with Gasteiger partial charge in [0.15, 0.2) is 0 Å². The van der Waals surface area contributed by atoms with Gasteiger partial charge in [-0.15, -0.1) is 0 Å². The fourth-order valence-corrected chi connectivity index (χ4v) is 1.99. The summed E-state index contributed by atoms with van der Waals surface area (Å²) in [4.78, 5) is 27.8. The molecule has 3 N–H and O–H groups in total. The summed E-state index contributed by atoms with van der Waals surface area (Å²) < 4.78 is 1.45. The second-order valence-corrected chi connectivity index (χ2v) is 4.56. The zero-order valence-electron chi connectivity index (χ0n) is 11.4. The second kappa shape index (κ2) is 5.69. The first-order valence-corrected chi connectivity index (χ1v) is 6.56. The highest BCUT2D eigenvalue weighted by molar-refractivity contribution is 5.76. The molecule has 10 nitrogen and oxygen atoms in total. The van der Waals surface area contributed by atoms with Gasteiger partial charge in [-0.3, -0.25) is 4.79 Å². The summed E-state index contributed by atoms with van der Waals surface area (Å²) >= 11 is 0. The van der Waals surface area contributed by atoms with Crippen LogP contribution in [0, 0.1) is 0 Å². The van der Waals surface area contributed by atoms with Gasteiger partial charge in [0, 0.05) is 26.1 Å². The Morgan fingerprint density at radius 2 is 2.19 bits per heavy atom. The van der Waals surface area contributed by atoms with Gasteiger partial charge in [0.1, 0.15) is 12.7 Å². The Morgan fingerprint density at radius 1 is 1.33 bits per heavy atom. The van der Waals surface area contributed by atoms with Crippen molar-refractivity contribution >= 4 is 17.8 Å². The van der Waals surface area contributed by atoms with Gasteiger partial charge in [0.2, 0.25) is 17.8 Å². The van der Waals surface area contributed by atoms with E-state index < -0.39 is 0 Å². The molecular weight excluding hydrogens is 274 g/mol. The van der Waals surface area contributed by atoms with Gasteiger partial charge in [0.25, 0.3) is 5.95 Å². The molecule has 1 aliphatic heterocycles. The fourth-order valence-electron chi connectivity index (χ4n) is 1.99. The summed E-state index contributed by atoms with van der Waals surface area (Å²) in [6, 6.07) is 0.0957. The summed E-state index contributed by atoms with van der Waals surface area (Å²) in [6.45, 7) is 0.554. The van der Waals surface area contributed by atoms with Crippen LogP contribution in [0.1, 0.15) is 12.8 Å². The normalized spacial score (nSPS) is 18.1. The third-order valence-corrected chi connectivity index (χ3v) is 3.07. The van der Waals surface area contributed by atoms with Gasteiger partial charge in [-0.2, -0.15) is 24.7 Å². The number of hydrogen-bond donors (Lipinski definition) is 3. The molecule has 110 valence electrons. The van der Waals surface area contributed by atoms with Crippen LogP contribution in [0.15, 0.2) is 12.7 Å². The second-order valence-electron chi connectivity index (χ2n) is 4.56. The van der Waals surface area contributed by atoms with Crippen LogP contribution < -0.4 is 16.0 Å². The molecule has 0 radical (unpaired) electrons. The smallest absolute Gasteiger partial charge is 0.258 e. The minimum absolute atomic E-state index is 0.0721. The molecule has 3 rings (SSSR count). The maximum absolute atomic E-state index is 11.2. The lowest BCUT2D eigenvalue weighted by atomic mass is 10.1. The Kier molecular flexibility index (Phi) is 3.58. The number of anilines is 2. The van der Waals surface area contributed by atoms with Crippen molar-refractivity contribution in [3.63, 3.8) is 0 Å². The highest BCUT2D eigenvalue weighted by Gasteiger charge is 2.19. The number of nitrogens with one attached hydrogen (secondary N) is 3. The summed E-state index contributed by atoms with van der Waals surface area (Å²) in [6.07, 6.45) is 4.16. The van der Waals surface area contributed by atoms with E-state index >= 15 is 0 Å². The Morgan fingerprint density at radius 3 is 2.86 bits per heavy atom. The van der Waals surface area contributed by atoms with Crippen LogP contribution in [0.4, 0.5) is 11.9 Å². The summed E-state index contributed by atoms with van der Waals surface area (Å²) in [5, 5.41) is 12.9. The first-order chi connectivity index (χ1) is 10.2. The molecule has 0 aromatic carbocycles. The highest BCUT2D eigenvalue weighted by Crippen LogP contribution is 2.12. The Balaban J connectivity index is 1.81. The lowest BCUT2D eigenvalue weighted by molar-refractivity contribution is -0.122. The van der Waals surface area contributed by atoms with Gasteiger partial charge in [-0.1, -0.05) is 0 Å². The van der Waals surface area contributed by atoms with Gasteiger partial charge in [-0.25, -0.2) is 4.98 Å². The first-order valence-electron chi connectivity index (χ1n) is 6.56. The Labute approximate surface area is 120 Å². The first kappa shape index (κ1) is 13.2. The van der Waals surface area contributed by atoms with Crippen molar-refractivity contribution in [2.45, 2.75) is 18.9 Å². The SMILES string of the molecule is CNc1nc(NC2CCC(=O)NC2)nc(-n2cncn2)n1. The van der Waals surface area contributed by atoms with Gasteiger partial charge in [-0.05, 0) is 6.42 Å². The zero-order valence-corrected chi connectivity index (χ0v) is 11.4. The summed E-state index contributed by atoms with van der Waals surface area (Å²) in [7, 11) is 1.73. The quantitative estimate of drug-likeness (QED) is 0.667. The van der Waals surface area contributed by atoms with Crippen molar-refractivity contribution in [3.8, 4) is 5.95 Å². The number of hydrogen-bond acceptors (Lipinski definition) is 8. The summed E-state index contributed by atoms with van der Waals surface area (Å²) in [5.74, 6) is 1.30. The monoisotopic (exact) mass is 289 g/mol. The molecule has 1 amide bonds. The van der Waals surface area contributed by atoms with Gasteiger partial charge < -0.3 is 16.0 Å². The molecule has 0 spiro atoms.